The second-order valence-corrected chi connectivity index (χ2v) is 7.82. The second kappa shape index (κ2) is 6.50. The molecule has 138 valence electrons. The Balaban J connectivity index is 1.46. The smallest absolute Gasteiger partial charge is 0.139 e. The maximum Gasteiger partial charge on any atom is 0.139 e. The number of H-pyrrole nitrogens is 1. The summed E-state index contributed by atoms with van der Waals surface area (Å²) in [5.74, 6) is 1.66. The Morgan fingerprint density at radius 2 is 2.04 bits per heavy atom. The quantitative estimate of drug-likeness (QED) is 0.593. The van der Waals surface area contributed by atoms with E-state index in [1.54, 1.807) is 0 Å². The molecule has 5 nitrogen and oxygen atoms in total. The lowest BCUT2D eigenvalue weighted by atomic mass is 9.92. The van der Waals surface area contributed by atoms with Crippen molar-refractivity contribution in [2.24, 2.45) is 5.92 Å². The van der Waals surface area contributed by atoms with Crippen LogP contribution in [0.3, 0.4) is 0 Å². The molecule has 4 aromatic rings. The molecule has 4 heterocycles. The van der Waals surface area contributed by atoms with Gasteiger partial charge >= 0.3 is 0 Å². The van der Waals surface area contributed by atoms with Crippen molar-refractivity contribution in [1.82, 2.24) is 24.4 Å². The summed E-state index contributed by atoms with van der Waals surface area (Å²) in [6, 6.07) is 13.4. The third-order valence-electron chi connectivity index (χ3n) is 5.94. The lowest BCUT2D eigenvalue weighted by Crippen LogP contribution is -2.40. The van der Waals surface area contributed by atoms with Crippen LogP contribution >= 0.6 is 0 Å². The number of hydrogen-bond acceptors (Lipinski definition) is 3. The normalized spacial score (nSPS) is 21.3. The number of piperidine rings is 1. The van der Waals surface area contributed by atoms with Gasteiger partial charge in [0.2, 0.25) is 0 Å². The van der Waals surface area contributed by atoms with E-state index in [1.807, 2.05) is 12.4 Å². The van der Waals surface area contributed by atoms with E-state index in [-0.39, 0.29) is 0 Å². The fraction of sp³-hybridized carbons (Fsp3) is 0.364. The molecule has 0 amide bonds. The molecule has 0 spiro atoms. The van der Waals surface area contributed by atoms with Gasteiger partial charge in [0.25, 0.3) is 0 Å². The Morgan fingerprint density at radius 1 is 1.19 bits per heavy atom. The van der Waals surface area contributed by atoms with Crippen molar-refractivity contribution in [3.63, 3.8) is 0 Å². The molecule has 3 aromatic heterocycles. The lowest BCUT2D eigenvalue weighted by molar-refractivity contribution is 0.128. The summed E-state index contributed by atoms with van der Waals surface area (Å²) in [6.07, 6.45) is 5.01. The molecule has 0 saturated carbocycles. The van der Waals surface area contributed by atoms with Crippen LogP contribution in [0.4, 0.5) is 0 Å². The predicted octanol–water partition coefficient (Wildman–Crippen LogP) is 4.30. The van der Waals surface area contributed by atoms with E-state index in [4.69, 9.17) is 4.98 Å². The van der Waals surface area contributed by atoms with Crippen LogP contribution < -0.4 is 0 Å². The Kier molecular flexibility index (Phi) is 3.97. The molecule has 1 saturated heterocycles. The maximum absolute atomic E-state index is 4.81. The summed E-state index contributed by atoms with van der Waals surface area (Å²) in [7, 11) is 0. The average Bonchev–Trinajstić information content (AvgIpc) is 3.26. The van der Waals surface area contributed by atoms with E-state index in [0.29, 0.717) is 12.0 Å². The first-order valence-electron chi connectivity index (χ1n) is 9.77. The minimum Gasteiger partial charge on any atom is -0.346 e. The maximum atomic E-state index is 4.81. The molecule has 1 N–H and O–H groups in total. The van der Waals surface area contributed by atoms with Gasteiger partial charge < -0.3 is 9.55 Å². The third-order valence-corrected chi connectivity index (χ3v) is 5.94. The number of hydrogen-bond donors (Lipinski definition) is 1. The summed E-state index contributed by atoms with van der Waals surface area (Å²) in [6.45, 7) is 7.77. The highest BCUT2D eigenvalue weighted by atomic mass is 15.2. The Bertz CT molecular complexity index is 1080. The number of nitrogens with zero attached hydrogens (tertiary/aromatic N) is 4. The zero-order chi connectivity index (χ0) is 18.4. The first-order valence-corrected chi connectivity index (χ1v) is 9.77. The van der Waals surface area contributed by atoms with Crippen LogP contribution in [0.1, 0.15) is 30.8 Å². The van der Waals surface area contributed by atoms with Crippen LogP contribution in [-0.2, 0) is 6.54 Å². The summed E-state index contributed by atoms with van der Waals surface area (Å²) in [4.78, 5) is 15.1. The number of rotatable bonds is 3. The highest BCUT2D eigenvalue weighted by Crippen LogP contribution is 2.35. The Morgan fingerprint density at radius 3 is 2.85 bits per heavy atom. The predicted molar refractivity (Wildman–Crippen MR) is 109 cm³/mol. The molecule has 1 aromatic carbocycles. The van der Waals surface area contributed by atoms with Crippen molar-refractivity contribution in [2.45, 2.75) is 32.9 Å². The number of pyridine rings is 1. The molecule has 0 radical (unpaired) electrons. The Labute approximate surface area is 159 Å². The SMILES string of the molecule is Cc1nc2cnc3[nH]ccc3c2n1C1CCN(Cc2ccccc2)CC1C. The molecule has 27 heavy (non-hydrogen) atoms. The average molecular weight is 359 g/mol. The number of nitrogens with one attached hydrogen (secondary N) is 1. The fourth-order valence-electron chi connectivity index (χ4n) is 4.70. The summed E-state index contributed by atoms with van der Waals surface area (Å²) in [5, 5.41) is 1.17. The van der Waals surface area contributed by atoms with E-state index in [2.05, 4.69) is 69.7 Å². The van der Waals surface area contributed by atoms with Crippen LogP contribution in [0.5, 0.6) is 0 Å². The second-order valence-electron chi connectivity index (χ2n) is 7.82. The number of aromatic nitrogens is 4. The summed E-state index contributed by atoms with van der Waals surface area (Å²) in [5.41, 5.74) is 4.57. The van der Waals surface area contributed by atoms with Crippen molar-refractivity contribution >= 4 is 22.1 Å². The first kappa shape index (κ1) is 16.5. The topological polar surface area (TPSA) is 49.7 Å². The number of aryl methyl sites for hydroxylation is 1. The van der Waals surface area contributed by atoms with Crippen molar-refractivity contribution < 1.29 is 0 Å². The van der Waals surface area contributed by atoms with Gasteiger partial charge in [0.15, 0.2) is 0 Å². The summed E-state index contributed by atoms with van der Waals surface area (Å²) >= 11 is 0. The zero-order valence-corrected chi connectivity index (χ0v) is 15.9. The van der Waals surface area contributed by atoms with Gasteiger partial charge in [-0.05, 0) is 30.9 Å². The van der Waals surface area contributed by atoms with E-state index in [9.17, 15) is 0 Å². The number of imidazole rings is 1. The zero-order valence-electron chi connectivity index (χ0n) is 15.9. The number of fused-ring (bicyclic) bond motifs is 3. The van der Waals surface area contributed by atoms with Gasteiger partial charge in [-0.1, -0.05) is 37.3 Å². The molecule has 5 rings (SSSR count). The molecular formula is C22H25N5. The van der Waals surface area contributed by atoms with Crippen LogP contribution in [0.25, 0.3) is 22.1 Å². The van der Waals surface area contributed by atoms with Gasteiger partial charge in [-0.2, -0.15) is 0 Å². The monoisotopic (exact) mass is 359 g/mol. The van der Waals surface area contributed by atoms with Gasteiger partial charge in [0, 0.05) is 37.3 Å². The highest BCUT2D eigenvalue weighted by molar-refractivity contribution is 6.01. The van der Waals surface area contributed by atoms with Gasteiger partial charge in [-0.3, -0.25) is 4.90 Å². The molecule has 0 aliphatic carbocycles. The van der Waals surface area contributed by atoms with E-state index < -0.39 is 0 Å². The van der Waals surface area contributed by atoms with Gasteiger partial charge in [-0.25, -0.2) is 9.97 Å². The molecular weight excluding hydrogens is 334 g/mol. The molecule has 1 fully saturated rings. The van der Waals surface area contributed by atoms with Crippen molar-refractivity contribution in [1.29, 1.82) is 0 Å². The molecule has 2 atom stereocenters. The molecule has 5 heteroatoms. The molecule has 1 aliphatic heterocycles. The Hall–Kier alpha value is -2.66. The molecule has 0 bridgehead atoms. The van der Waals surface area contributed by atoms with Crippen LogP contribution in [-0.4, -0.2) is 37.5 Å². The summed E-state index contributed by atoms with van der Waals surface area (Å²) < 4.78 is 2.47. The van der Waals surface area contributed by atoms with E-state index in [0.717, 1.165) is 43.0 Å². The van der Waals surface area contributed by atoms with Crippen molar-refractivity contribution in [2.75, 3.05) is 13.1 Å². The highest BCUT2D eigenvalue weighted by Gasteiger charge is 2.30. The minimum atomic E-state index is 0.475. The molecule has 2 unspecified atom stereocenters. The van der Waals surface area contributed by atoms with Crippen LogP contribution in [0.15, 0.2) is 48.8 Å². The van der Waals surface area contributed by atoms with E-state index >= 15 is 0 Å². The largest absolute Gasteiger partial charge is 0.346 e. The van der Waals surface area contributed by atoms with E-state index in [1.165, 1.54) is 16.5 Å². The fourth-order valence-corrected chi connectivity index (χ4v) is 4.70. The third kappa shape index (κ3) is 2.82. The van der Waals surface area contributed by atoms with Crippen molar-refractivity contribution in [3.8, 4) is 0 Å². The standard InChI is InChI=1S/C22H25N5/c1-15-13-26(14-17-6-4-3-5-7-17)11-9-20(15)27-16(2)25-19-12-24-22-18(21(19)27)8-10-23-22/h3-8,10,12,15,20H,9,11,13-14H2,1-2H3,(H,23,24). The van der Waals surface area contributed by atoms with Crippen LogP contribution in [0, 0.1) is 12.8 Å². The van der Waals surface area contributed by atoms with Gasteiger partial charge in [0.05, 0.1) is 11.7 Å². The van der Waals surface area contributed by atoms with Gasteiger partial charge in [0.1, 0.15) is 17.0 Å². The minimum absolute atomic E-state index is 0.475. The lowest BCUT2D eigenvalue weighted by Gasteiger charge is -2.38. The van der Waals surface area contributed by atoms with Crippen LogP contribution in [0.2, 0.25) is 0 Å². The van der Waals surface area contributed by atoms with Crippen molar-refractivity contribution in [3.05, 3.63) is 60.2 Å². The van der Waals surface area contributed by atoms with Gasteiger partial charge in [-0.15, -0.1) is 0 Å². The number of likely N-dealkylation sites (tertiary alicyclic amines) is 1. The molecule has 1 aliphatic rings. The number of aromatic amines is 1. The number of benzene rings is 1. The first-order chi connectivity index (χ1) is 13.2.